The van der Waals surface area contributed by atoms with E-state index in [0.717, 1.165) is 51.3 Å². The van der Waals surface area contributed by atoms with Gasteiger partial charge in [0.1, 0.15) is 4.90 Å². The molecule has 0 spiro atoms. The molecule has 6 aromatic rings. The van der Waals surface area contributed by atoms with E-state index in [9.17, 15) is 25.9 Å². The molecule has 32 heteroatoms. The second-order valence-corrected chi connectivity index (χ2v) is 20.9. The fourth-order valence-corrected chi connectivity index (χ4v) is 9.90. The minimum atomic E-state index is -4.83. The largest absolute Gasteiger partial charge is 0.338 e. The molecule has 0 radical (unpaired) electrons. The van der Waals surface area contributed by atoms with Gasteiger partial charge in [0.15, 0.2) is 0 Å². The van der Waals surface area contributed by atoms with Gasteiger partial charge in [-0.3, -0.25) is 18.9 Å². The van der Waals surface area contributed by atoms with E-state index in [1.165, 1.54) is 42.5 Å². The van der Waals surface area contributed by atoms with Crippen molar-refractivity contribution in [3.8, 4) is 0 Å². The summed E-state index contributed by atoms with van der Waals surface area (Å²) in [5.41, 5.74) is 13.8. The second-order valence-electron chi connectivity index (χ2n) is 16.6. The van der Waals surface area contributed by atoms with Crippen LogP contribution in [0.15, 0.2) is 105 Å². The van der Waals surface area contributed by atoms with E-state index >= 15 is 0 Å². The predicted molar refractivity (Wildman–Crippen MR) is 284 cm³/mol. The normalized spacial score (nSPS) is 14.8. The maximum atomic E-state index is 13.0. The molecule has 2 aliphatic heterocycles. The molecule has 12 N–H and O–H groups in total. The van der Waals surface area contributed by atoms with E-state index < -0.39 is 25.1 Å². The number of rotatable bonds is 24. The lowest BCUT2D eigenvalue weighted by Crippen LogP contribution is -2.48. The zero-order valence-electron chi connectivity index (χ0n) is 40.0. The van der Waals surface area contributed by atoms with Crippen LogP contribution in [0.3, 0.4) is 0 Å². The lowest BCUT2D eigenvalue weighted by molar-refractivity contribution is -0.432. The molecule has 0 bridgehead atoms. The molecule has 8 rings (SSSR count). The Bertz CT molecular complexity index is 3180. The van der Waals surface area contributed by atoms with E-state index in [2.05, 4.69) is 70.4 Å². The zero-order valence-corrected chi connectivity index (χ0v) is 43.3. The van der Waals surface area contributed by atoms with Gasteiger partial charge in [-0.15, -0.1) is 8.67 Å². The lowest BCUT2D eigenvalue weighted by atomic mass is 10.1. The van der Waals surface area contributed by atoms with Gasteiger partial charge in [0.25, 0.3) is 20.2 Å². The van der Waals surface area contributed by atoms with E-state index in [4.69, 9.17) is 31.3 Å². The van der Waals surface area contributed by atoms with Gasteiger partial charge in [-0.2, -0.15) is 46.7 Å². The maximum Gasteiger partial charge on any atom is 0.295 e. The average Bonchev–Trinajstić information content (AvgIpc) is 3.41. The van der Waals surface area contributed by atoms with Crippen LogP contribution in [-0.2, 0) is 39.0 Å². The first kappa shape index (κ1) is 55.8. The molecule has 76 heavy (non-hydrogen) atoms. The predicted octanol–water partition coefficient (Wildman–Crippen LogP) is 4.71. The van der Waals surface area contributed by atoms with Crippen molar-refractivity contribution in [3.05, 3.63) is 96.1 Å². The minimum absolute atomic E-state index is 0.0682. The van der Waals surface area contributed by atoms with Crippen molar-refractivity contribution in [2.45, 2.75) is 19.6 Å². The lowest BCUT2D eigenvalue weighted by Gasteiger charge is -2.34. The number of nitrogens with two attached hydrogens (primary N) is 2. The highest BCUT2D eigenvalue weighted by Crippen LogP contribution is 2.33. The average molecular weight is 1130 g/mol. The first-order chi connectivity index (χ1) is 36.7. The van der Waals surface area contributed by atoms with Crippen LogP contribution < -0.4 is 42.5 Å². The van der Waals surface area contributed by atoms with Crippen molar-refractivity contribution < 1.29 is 55.2 Å². The van der Waals surface area contributed by atoms with Crippen molar-refractivity contribution in [1.29, 1.82) is 0 Å². The second kappa shape index (κ2) is 26.1. The summed E-state index contributed by atoms with van der Waals surface area (Å²) in [5.74, 6) is 1.17. The van der Waals surface area contributed by atoms with Crippen LogP contribution in [0.4, 0.5) is 58.4 Å². The Labute approximate surface area is 444 Å². The fraction of sp³-hybridized carbons (Fsp3) is 0.273. The standard InChI is InChI=1S/C44H52N16O12S4/c45-15-17-57-19-23-59(24-20-57)43-54-40(48-32-9-13-36(14-10-32)75(63,64)65)51-41(55-43)49-33-5-3-29(37(27-33)74-72-70-62)1-2-30-4-6-34(28-38(30)76(66,67)68)50-42-52-39(47-31-7-11-35(12-8-31)73-71-69-61)53-44(56-42)60-25-21-58(18-16-46)22-26-60/h1-14,27-28,61-62H,15-26,45-46H2,(H,63,64,65)(H,66,67,68)(H2,47,50,52,53,56)(H2,48,49,51,54,55)/b2-1+. The van der Waals surface area contributed by atoms with Crippen LogP contribution in [0.2, 0.25) is 0 Å². The first-order valence-electron chi connectivity index (χ1n) is 23.0. The molecule has 0 saturated carbocycles. The summed E-state index contributed by atoms with van der Waals surface area (Å²) in [5, 5.41) is 37.7. The Kier molecular flexibility index (Phi) is 19.1. The summed E-state index contributed by atoms with van der Waals surface area (Å²) in [6.07, 6.45) is 3.03. The molecular formula is C44H52N16O12S4. The molecular weight excluding hydrogens is 1070 g/mol. The Morgan fingerprint density at radius 2 is 0.947 bits per heavy atom. The fourth-order valence-electron chi connectivity index (χ4n) is 7.85. The number of aromatic nitrogens is 6. The Balaban J connectivity index is 1.04. The molecule has 0 amide bonds. The van der Waals surface area contributed by atoms with Crippen LogP contribution >= 0.6 is 24.1 Å². The van der Waals surface area contributed by atoms with Gasteiger partial charge in [-0.05, 0) is 83.9 Å². The molecule has 2 aliphatic rings. The van der Waals surface area contributed by atoms with Gasteiger partial charge in [0.2, 0.25) is 35.7 Å². The van der Waals surface area contributed by atoms with E-state index in [1.807, 2.05) is 9.80 Å². The zero-order chi connectivity index (χ0) is 53.7. The monoisotopic (exact) mass is 1120 g/mol. The highest BCUT2D eigenvalue weighted by molar-refractivity contribution is 7.94. The number of piperazine rings is 2. The van der Waals surface area contributed by atoms with Crippen LogP contribution in [0.5, 0.6) is 0 Å². The summed E-state index contributed by atoms with van der Waals surface area (Å²) in [7, 11) is -9.25. The van der Waals surface area contributed by atoms with Crippen LogP contribution in [0.25, 0.3) is 12.2 Å². The van der Waals surface area contributed by atoms with Gasteiger partial charge in [0.05, 0.1) is 29.0 Å². The van der Waals surface area contributed by atoms with Crippen molar-refractivity contribution >= 4 is 115 Å². The summed E-state index contributed by atoms with van der Waals surface area (Å²) in [6.45, 7) is 7.81. The number of anilines is 10. The highest BCUT2D eigenvalue weighted by atomic mass is 32.2. The van der Waals surface area contributed by atoms with Gasteiger partial charge in [-0.1, -0.05) is 34.4 Å². The van der Waals surface area contributed by atoms with Crippen LogP contribution in [-0.4, -0.2) is 155 Å². The summed E-state index contributed by atoms with van der Waals surface area (Å²) in [6, 6.07) is 21.5. The Morgan fingerprint density at radius 1 is 0.526 bits per heavy atom. The molecule has 0 aliphatic carbocycles. The quantitative estimate of drug-likeness (QED) is 0.0129. The van der Waals surface area contributed by atoms with Gasteiger partial charge < -0.3 is 42.5 Å². The van der Waals surface area contributed by atoms with Crippen molar-refractivity contribution in [2.75, 3.05) is 110 Å². The number of nitrogens with zero attached hydrogens (tertiary/aromatic N) is 10. The molecule has 404 valence electrons. The highest BCUT2D eigenvalue weighted by Gasteiger charge is 2.24. The summed E-state index contributed by atoms with van der Waals surface area (Å²) < 4.78 is 78.5. The third-order valence-electron chi connectivity index (χ3n) is 11.5. The maximum absolute atomic E-state index is 13.0. The summed E-state index contributed by atoms with van der Waals surface area (Å²) in [4.78, 5) is 36.5. The molecule has 4 aromatic carbocycles. The summed E-state index contributed by atoms with van der Waals surface area (Å²) >= 11 is 1.43. The van der Waals surface area contributed by atoms with E-state index in [-0.39, 0.29) is 39.9 Å². The molecule has 4 heterocycles. The van der Waals surface area contributed by atoms with Crippen molar-refractivity contribution in [2.24, 2.45) is 11.5 Å². The minimum Gasteiger partial charge on any atom is -0.338 e. The third-order valence-corrected chi connectivity index (χ3v) is 14.6. The van der Waals surface area contributed by atoms with Gasteiger partial charge in [0, 0.05) is 111 Å². The molecule has 0 unspecified atom stereocenters. The van der Waals surface area contributed by atoms with E-state index in [0.29, 0.717) is 95.6 Å². The van der Waals surface area contributed by atoms with Gasteiger partial charge >= 0.3 is 0 Å². The molecule has 2 saturated heterocycles. The topological polar surface area (TPSA) is 377 Å². The number of nitrogens with one attached hydrogen (secondary N) is 4. The number of hydrogen-bond acceptors (Lipinski definition) is 28. The molecule has 28 nitrogen and oxygen atoms in total. The molecule has 0 atom stereocenters. The van der Waals surface area contributed by atoms with Crippen LogP contribution in [0.1, 0.15) is 11.1 Å². The molecule has 2 aromatic heterocycles. The van der Waals surface area contributed by atoms with Gasteiger partial charge in [-0.25, -0.2) is 10.5 Å². The van der Waals surface area contributed by atoms with Crippen molar-refractivity contribution in [3.63, 3.8) is 0 Å². The van der Waals surface area contributed by atoms with E-state index in [1.54, 1.807) is 54.6 Å². The number of hydrogen-bond donors (Lipinski definition) is 10. The smallest absolute Gasteiger partial charge is 0.295 e. The Hall–Kier alpha value is -6.44. The third kappa shape index (κ3) is 15.6. The first-order valence-corrected chi connectivity index (χ1v) is 27.4. The SMILES string of the molecule is NCCN1CCN(c2nc(Nc3ccc(S(=O)(=O)O)cc3)nc(Nc3ccc(/C=C/c4ccc(Nc5nc(Nc6ccc(SOOO)cc6)nc(N6CCN(CCN)CC6)n5)cc4S(=O)(=O)O)c(SOOO)c3)n2)CC1. The van der Waals surface area contributed by atoms with Crippen LogP contribution in [0, 0.1) is 0 Å². The number of benzene rings is 4. The molecule has 2 fully saturated rings. The Morgan fingerprint density at radius 3 is 1.41 bits per heavy atom. The van der Waals surface area contributed by atoms with Crippen molar-refractivity contribution in [1.82, 2.24) is 39.7 Å².